The third-order valence-electron chi connectivity index (χ3n) is 1.62. The van der Waals surface area contributed by atoms with Crippen molar-refractivity contribution in [2.45, 2.75) is 0 Å². The maximum Gasteiger partial charge on any atom is 2.00 e. The van der Waals surface area contributed by atoms with E-state index in [4.69, 9.17) is 16.3 Å². The molecule has 4 heteroatoms. The Morgan fingerprint density at radius 2 is 1.86 bits per heavy atom. The van der Waals surface area contributed by atoms with Gasteiger partial charge in [-0.25, -0.2) is 0 Å². The van der Waals surface area contributed by atoms with Crippen LogP contribution in [0.1, 0.15) is 2.85 Å². The first-order valence-corrected chi connectivity index (χ1v) is 4.59. The summed E-state index contributed by atoms with van der Waals surface area (Å²) in [6, 6.07) is 7.40. The van der Waals surface area contributed by atoms with E-state index in [0.29, 0.717) is 6.61 Å². The van der Waals surface area contributed by atoms with Gasteiger partial charge in [-0.2, -0.15) is 0 Å². The Morgan fingerprint density at radius 1 is 1.29 bits per heavy atom. The molecule has 0 fully saturated rings. The zero-order chi connectivity index (χ0) is 9.68. The van der Waals surface area contributed by atoms with Gasteiger partial charge in [-0.3, -0.25) is 0 Å². The standard InChI is InChI=1S/C10H14ClNO.Mg.2H/c1-12(2)7-8-13-10-5-3-9(11)4-6-10;;;/h3-6H,7-8H2,1-2H3;;;/q;+2;2*-1. The molecule has 0 saturated carbocycles. The van der Waals surface area contributed by atoms with Gasteiger partial charge in [0.1, 0.15) is 12.4 Å². The third-order valence-corrected chi connectivity index (χ3v) is 1.87. The molecule has 0 saturated heterocycles. The van der Waals surface area contributed by atoms with E-state index in [0.717, 1.165) is 17.3 Å². The summed E-state index contributed by atoms with van der Waals surface area (Å²) in [7, 11) is 4.04. The Bertz CT molecular complexity index is 260. The molecule has 0 aliphatic heterocycles. The molecule has 0 aliphatic carbocycles. The van der Waals surface area contributed by atoms with Gasteiger partial charge in [-0.1, -0.05) is 11.6 Å². The Balaban J connectivity index is -0.000000563. The van der Waals surface area contributed by atoms with E-state index in [2.05, 4.69) is 4.90 Å². The maximum atomic E-state index is 5.73. The van der Waals surface area contributed by atoms with Crippen molar-refractivity contribution in [1.82, 2.24) is 4.90 Å². The molecule has 0 atom stereocenters. The summed E-state index contributed by atoms with van der Waals surface area (Å²) in [5.74, 6) is 0.867. The first-order chi connectivity index (χ1) is 6.18. The molecule has 0 amide bonds. The predicted molar refractivity (Wildman–Crippen MR) is 63.5 cm³/mol. The van der Waals surface area contributed by atoms with Crippen molar-refractivity contribution >= 4 is 34.7 Å². The molecular formula is C10H16ClMgNO. The fourth-order valence-electron chi connectivity index (χ4n) is 0.877. The van der Waals surface area contributed by atoms with E-state index < -0.39 is 0 Å². The van der Waals surface area contributed by atoms with Crippen molar-refractivity contribution in [3.63, 3.8) is 0 Å². The van der Waals surface area contributed by atoms with Gasteiger partial charge in [-0.15, -0.1) is 0 Å². The summed E-state index contributed by atoms with van der Waals surface area (Å²) in [6.45, 7) is 1.62. The van der Waals surface area contributed by atoms with Crippen molar-refractivity contribution in [3.05, 3.63) is 29.3 Å². The molecule has 0 N–H and O–H groups in total. The summed E-state index contributed by atoms with van der Waals surface area (Å²) in [5, 5.41) is 0.736. The molecule has 1 aromatic rings. The molecule has 2 nitrogen and oxygen atoms in total. The van der Waals surface area contributed by atoms with E-state index in [-0.39, 0.29) is 25.9 Å². The van der Waals surface area contributed by atoms with E-state index in [1.54, 1.807) is 0 Å². The van der Waals surface area contributed by atoms with Gasteiger partial charge in [-0.05, 0) is 38.4 Å². The molecule has 1 aromatic carbocycles. The maximum absolute atomic E-state index is 5.73. The average molecular weight is 226 g/mol. The van der Waals surface area contributed by atoms with Crippen LogP contribution in [0.25, 0.3) is 0 Å². The van der Waals surface area contributed by atoms with Gasteiger partial charge in [0.25, 0.3) is 0 Å². The monoisotopic (exact) mass is 225 g/mol. The van der Waals surface area contributed by atoms with Crippen molar-refractivity contribution in [2.24, 2.45) is 0 Å². The number of benzene rings is 1. The molecule has 14 heavy (non-hydrogen) atoms. The Hall–Kier alpha value is 0.0362. The molecular weight excluding hydrogens is 210 g/mol. The second kappa shape index (κ2) is 7.34. The normalized spacial score (nSPS) is 9.71. The summed E-state index contributed by atoms with van der Waals surface area (Å²) in [4.78, 5) is 2.08. The molecule has 0 unspecified atom stereocenters. The largest absolute Gasteiger partial charge is 2.00 e. The molecule has 1 rings (SSSR count). The molecule has 0 aliphatic rings. The topological polar surface area (TPSA) is 12.5 Å². The predicted octanol–water partition coefficient (Wildman–Crippen LogP) is 2.12. The minimum absolute atomic E-state index is 0. The number of rotatable bonds is 4. The third kappa shape index (κ3) is 5.70. The number of halogens is 1. The van der Waals surface area contributed by atoms with Crippen molar-refractivity contribution in [1.29, 1.82) is 0 Å². The van der Waals surface area contributed by atoms with Crippen LogP contribution in [0.15, 0.2) is 24.3 Å². The smallest absolute Gasteiger partial charge is 1.00 e. The van der Waals surface area contributed by atoms with Crippen LogP contribution in [0.2, 0.25) is 5.02 Å². The Morgan fingerprint density at radius 3 is 2.36 bits per heavy atom. The van der Waals surface area contributed by atoms with Crippen molar-refractivity contribution in [2.75, 3.05) is 27.2 Å². The number of likely N-dealkylation sites (N-methyl/N-ethyl adjacent to an activating group) is 1. The average Bonchev–Trinajstić information content (AvgIpc) is 2.08. The van der Waals surface area contributed by atoms with Gasteiger partial charge < -0.3 is 12.5 Å². The number of nitrogens with zero attached hydrogens (tertiary/aromatic N) is 1. The minimum atomic E-state index is 0. The van der Waals surface area contributed by atoms with Gasteiger partial charge in [0.2, 0.25) is 0 Å². The number of hydrogen-bond acceptors (Lipinski definition) is 2. The Labute approximate surface area is 109 Å². The van der Waals surface area contributed by atoms with Gasteiger partial charge >= 0.3 is 23.1 Å². The van der Waals surface area contributed by atoms with E-state index in [1.807, 2.05) is 38.4 Å². The van der Waals surface area contributed by atoms with Gasteiger partial charge in [0, 0.05) is 11.6 Å². The second-order valence-corrected chi connectivity index (χ2v) is 3.54. The van der Waals surface area contributed by atoms with Crippen LogP contribution in [0, 0.1) is 0 Å². The molecule has 0 radical (unpaired) electrons. The second-order valence-electron chi connectivity index (χ2n) is 3.11. The van der Waals surface area contributed by atoms with Gasteiger partial charge in [0.15, 0.2) is 0 Å². The summed E-state index contributed by atoms with van der Waals surface area (Å²) >= 11 is 5.73. The van der Waals surface area contributed by atoms with E-state index in [1.165, 1.54) is 0 Å². The van der Waals surface area contributed by atoms with Crippen LogP contribution in [0.3, 0.4) is 0 Å². The minimum Gasteiger partial charge on any atom is -1.00 e. The summed E-state index contributed by atoms with van der Waals surface area (Å²) in [5.41, 5.74) is 0. The fourth-order valence-corrected chi connectivity index (χ4v) is 1.00. The van der Waals surface area contributed by atoms with Crippen LogP contribution >= 0.6 is 11.6 Å². The zero-order valence-corrected chi connectivity index (χ0v) is 10.8. The molecule has 0 aromatic heterocycles. The van der Waals surface area contributed by atoms with E-state index in [9.17, 15) is 0 Å². The quantitative estimate of drug-likeness (QED) is 0.729. The summed E-state index contributed by atoms with van der Waals surface area (Å²) < 4.78 is 5.47. The van der Waals surface area contributed by atoms with Crippen LogP contribution in [-0.2, 0) is 0 Å². The molecule has 0 spiro atoms. The SMILES string of the molecule is CN(C)CCOc1ccc(Cl)cc1.[H-].[H-].[Mg+2]. The zero-order valence-electron chi connectivity index (χ0n) is 10.7. The van der Waals surface area contributed by atoms with Crippen molar-refractivity contribution in [3.8, 4) is 5.75 Å². The van der Waals surface area contributed by atoms with Gasteiger partial charge in [0.05, 0.1) is 0 Å². The van der Waals surface area contributed by atoms with Crippen LogP contribution in [0.5, 0.6) is 5.75 Å². The number of ether oxygens (including phenoxy) is 1. The molecule has 0 heterocycles. The van der Waals surface area contributed by atoms with Crippen LogP contribution in [-0.4, -0.2) is 55.2 Å². The Kier molecular flexibility index (Phi) is 7.36. The first kappa shape index (κ1) is 14.0. The summed E-state index contributed by atoms with van der Waals surface area (Å²) in [6.07, 6.45) is 0. The fraction of sp³-hybridized carbons (Fsp3) is 0.400. The molecule has 76 valence electrons. The number of hydrogen-bond donors (Lipinski definition) is 0. The van der Waals surface area contributed by atoms with E-state index >= 15 is 0 Å². The van der Waals surface area contributed by atoms with Crippen LogP contribution in [0.4, 0.5) is 0 Å². The molecule has 0 bridgehead atoms. The first-order valence-electron chi connectivity index (χ1n) is 4.21. The van der Waals surface area contributed by atoms with Crippen LogP contribution < -0.4 is 4.74 Å². The van der Waals surface area contributed by atoms with Crippen molar-refractivity contribution < 1.29 is 7.59 Å².